The van der Waals surface area contributed by atoms with Crippen LogP contribution in [0.2, 0.25) is 0 Å². The van der Waals surface area contributed by atoms with E-state index in [0.717, 1.165) is 23.0 Å². The molecular formula is C15H19F3Se. The summed E-state index contributed by atoms with van der Waals surface area (Å²) < 4.78 is 38.1. The predicted octanol–water partition coefficient (Wildman–Crippen LogP) is 4.52. The van der Waals surface area contributed by atoms with Crippen molar-refractivity contribution in [3.63, 3.8) is 0 Å². The molecule has 0 fully saturated rings. The number of rotatable bonds is 7. The first kappa shape index (κ1) is 16.3. The fourth-order valence-electron chi connectivity index (χ4n) is 1.61. The van der Waals surface area contributed by atoms with E-state index in [1.807, 2.05) is 0 Å². The molecule has 0 unspecified atom stereocenters. The Bertz CT molecular complexity index is 379. The minimum atomic E-state index is -4.24. The van der Waals surface area contributed by atoms with Gasteiger partial charge in [0, 0.05) is 0 Å². The zero-order chi connectivity index (χ0) is 14.1. The van der Waals surface area contributed by atoms with E-state index in [-0.39, 0.29) is 15.0 Å². The molecule has 0 amide bonds. The molecule has 0 atom stereocenters. The molecule has 0 aliphatic carbocycles. The number of alkyl halides is 3. The monoisotopic (exact) mass is 336 g/mol. The summed E-state index contributed by atoms with van der Waals surface area (Å²) in [5.74, 6) is 0. The molecule has 106 valence electrons. The summed E-state index contributed by atoms with van der Waals surface area (Å²) in [6.07, 6.45) is 3.95. The van der Waals surface area contributed by atoms with Crippen molar-refractivity contribution in [1.29, 1.82) is 0 Å². The Morgan fingerprint density at radius 3 is 2.32 bits per heavy atom. The van der Waals surface area contributed by atoms with Gasteiger partial charge in [0.25, 0.3) is 0 Å². The van der Waals surface area contributed by atoms with Crippen LogP contribution in [-0.2, 0) is 6.18 Å². The summed E-state index contributed by atoms with van der Waals surface area (Å²) in [5, 5.41) is 0. The molecule has 0 nitrogen and oxygen atoms in total. The van der Waals surface area contributed by atoms with E-state index < -0.39 is 11.7 Å². The number of halogens is 3. The van der Waals surface area contributed by atoms with Crippen molar-refractivity contribution in [2.24, 2.45) is 0 Å². The van der Waals surface area contributed by atoms with Gasteiger partial charge in [-0.1, -0.05) is 0 Å². The van der Waals surface area contributed by atoms with E-state index in [2.05, 4.69) is 18.0 Å². The molecule has 1 aromatic rings. The molecule has 4 heteroatoms. The molecular weight excluding hydrogens is 316 g/mol. The van der Waals surface area contributed by atoms with Crippen molar-refractivity contribution in [2.45, 2.75) is 45.2 Å². The Labute approximate surface area is 119 Å². The Hall–Kier alpha value is -0.731. The van der Waals surface area contributed by atoms with Crippen LogP contribution in [0.5, 0.6) is 0 Å². The third kappa shape index (κ3) is 6.84. The quantitative estimate of drug-likeness (QED) is 0.508. The van der Waals surface area contributed by atoms with Gasteiger partial charge in [-0.3, -0.25) is 0 Å². The first-order chi connectivity index (χ1) is 9.04. The van der Waals surface area contributed by atoms with Gasteiger partial charge < -0.3 is 0 Å². The third-order valence-electron chi connectivity index (χ3n) is 2.71. The van der Waals surface area contributed by atoms with Crippen LogP contribution in [0.1, 0.15) is 44.6 Å². The summed E-state index contributed by atoms with van der Waals surface area (Å²) in [7, 11) is 0. The van der Waals surface area contributed by atoms with Crippen LogP contribution in [0, 0.1) is 0 Å². The topological polar surface area (TPSA) is 0 Å². The van der Waals surface area contributed by atoms with Gasteiger partial charge in [0.05, 0.1) is 0 Å². The molecule has 1 rings (SSSR count). The van der Waals surface area contributed by atoms with Crippen molar-refractivity contribution >= 4 is 19.4 Å². The van der Waals surface area contributed by atoms with E-state index in [4.69, 9.17) is 0 Å². The standard InChI is InChI=1S/C15H19F3Se/c1-2-3-4-5-6-7-12-19-14-10-8-13(9-11-14)15(16,17)18/h7-12H,2-6H2,1H3/b12-7+. The number of hydrogen-bond donors (Lipinski definition) is 0. The molecule has 0 bridgehead atoms. The fourth-order valence-corrected chi connectivity index (χ4v) is 3.04. The zero-order valence-electron chi connectivity index (χ0n) is 11.0. The van der Waals surface area contributed by atoms with E-state index >= 15 is 0 Å². The Kier molecular flexibility index (Phi) is 7.25. The SMILES string of the molecule is CCCCCC/C=C/[Se]c1ccc(C(F)(F)F)cc1. The van der Waals surface area contributed by atoms with Gasteiger partial charge in [0.2, 0.25) is 0 Å². The van der Waals surface area contributed by atoms with Crippen LogP contribution >= 0.6 is 0 Å². The summed E-state index contributed by atoms with van der Waals surface area (Å²) in [6, 6.07) is 5.47. The maximum absolute atomic E-state index is 12.4. The van der Waals surface area contributed by atoms with Gasteiger partial charge in [-0.25, -0.2) is 0 Å². The summed E-state index contributed by atoms with van der Waals surface area (Å²) >= 11 is 0.134. The van der Waals surface area contributed by atoms with Crippen molar-refractivity contribution in [1.82, 2.24) is 0 Å². The molecule has 19 heavy (non-hydrogen) atoms. The molecule has 0 N–H and O–H groups in total. The number of unbranched alkanes of at least 4 members (excludes halogenated alkanes) is 4. The van der Waals surface area contributed by atoms with E-state index in [0.29, 0.717) is 0 Å². The van der Waals surface area contributed by atoms with Gasteiger partial charge in [0.15, 0.2) is 0 Å². The average Bonchev–Trinajstić information content (AvgIpc) is 2.37. The third-order valence-corrected chi connectivity index (χ3v) is 4.54. The summed E-state index contributed by atoms with van der Waals surface area (Å²) in [6.45, 7) is 2.18. The molecule has 0 saturated heterocycles. The average molecular weight is 335 g/mol. The summed E-state index contributed by atoms with van der Waals surface area (Å²) in [5.41, 5.74) is -0.574. The molecule has 0 saturated carbocycles. The van der Waals surface area contributed by atoms with Gasteiger partial charge >= 0.3 is 119 Å². The molecule has 0 spiro atoms. The first-order valence-corrected chi connectivity index (χ1v) is 8.37. The number of benzene rings is 1. The fraction of sp³-hybridized carbons (Fsp3) is 0.467. The maximum atomic E-state index is 12.4. The molecule has 1 aromatic carbocycles. The predicted molar refractivity (Wildman–Crippen MR) is 74.7 cm³/mol. The number of hydrogen-bond acceptors (Lipinski definition) is 0. The Balaban J connectivity index is 2.32. The Morgan fingerprint density at radius 2 is 1.74 bits per heavy atom. The molecule has 0 radical (unpaired) electrons. The van der Waals surface area contributed by atoms with Crippen LogP contribution < -0.4 is 4.46 Å². The molecule has 0 aromatic heterocycles. The van der Waals surface area contributed by atoms with Gasteiger partial charge in [0.1, 0.15) is 0 Å². The zero-order valence-corrected chi connectivity index (χ0v) is 12.8. The van der Waals surface area contributed by atoms with Crippen molar-refractivity contribution < 1.29 is 13.2 Å². The first-order valence-electron chi connectivity index (χ1n) is 6.53. The second-order valence-electron chi connectivity index (χ2n) is 4.36. The molecule has 0 aliphatic rings. The Morgan fingerprint density at radius 1 is 1.05 bits per heavy atom. The normalized spacial score (nSPS) is 12.2. The van der Waals surface area contributed by atoms with Crippen LogP contribution in [0.15, 0.2) is 35.3 Å². The van der Waals surface area contributed by atoms with E-state index in [1.54, 1.807) is 12.1 Å². The second-order valence-corrected chi connectivity index (χ2v) is 6.42. The van der Waals surface area contributed by atoms with Crippen LogP contribution in [0.25, 0.3) is 0 Å². The van der Waals surface area contributed by atoms with Gasteiger partial charge in [-0.2, -0.15) is 0 Å². The van der Waals surface area contributed by atoms with Gasteiger partial charge in [-0.05, 0) is 0 Å². The van der Waals surface area contributed by atoms with Crippen LogP contribution in [0.3, 0.4) is 0 Å². The minimum absolute atomic E-state index is 0.134. The van der Waals surface area contributed by atoms with Crippen molar-refractivity contribution in [2.75, 3.05) is 0 Å². The van der Waals surface area contributed by atoms with E-state index in [1.165, 1.54) is 25.7 Å². The van der Waals surface area contributed by atoms with Gasteiger partial charge in [-0.15, -0.1) is 0 Å². The second kappa shape index (κ2) is 8.44. The van der Waals surface area contributed by atoms with Crippen LogP contribution in [-0.4, -0.2) is 15.0 Å². The van der Waals surface area contributed by atoms with Crippen molar-refractivity contribution in [3.8, 4) is 0 Å². The molecule has 0 aliphatic heterocycles. The van der Waals surface area contributed by atoms with Crippen molar-refractivity contribution in [3.05, 3.63) is 40.9 Å². The summed E-state index contributed by atoms with van der Waals surface area (Å²) in [4.78, 5) is 2.10. The molecule has 0 heterocycles. The van der Waals surface area contributed by atoms with Crippen LogP contribution in [0.4, 0.5) is 13.2 Å². The number of allylic oxidation sites excluding steroid dienone is 1. The van der Waals surface area contributed by atoms with E-state index in [9.17, 15) is 13.2 Å².